The summed E-state index contributed by atoms with van der Waals surface area (Å²) in [5, 5.41) is 22.3. The van der Waals surface area contributed by atoms with Gasteiger partial charge in [-0.25, -0.2) is 26.9 Å². The molecule has 8 rings (SSSR count). The number of benzene rings is 4. The number of aliphatic hydroxyl groups is 1. The number of hydrogen-bond donors (Lipinski definition) is 2. The second-order valence-corrected chi connectivity index (χ2v) is 21.3. The first kappa shape index (κ1) is 54.8. The van der Waals surface area contributed by atoms with Crippen LogP contribution in [0.1, 0.15) is 107 Å². The summed E-state index contributed by atoms with van der Waals surface area (Å²) in [5.74, 6) is -4.38. The molecule has 0 bridgehead atoms. The number of ether oxygens (including phenoxy) is 1. The van der Waals surface area contributed by atoms with Crippen LogP contribution >= 0.6 is 11.6 Å². The van der Waals surface area contributed by atoms with Crippen molar-refractivity contribution < 1.29 is 36.6 Å². The highest BCUT2D eigenvalue weighted by Gasteiger charge is 2.54. The molecule has 71 heavy (non-hydrogen) atoms. The first-order valence-electron chi connectivity index (χ1n) is 24.1. The molecule has 1 aliphatic heterocycles. The van der Waals surface area contributed by atoms with E-state index in [9.17, 15) is 31.9 Å². The van der Waals surface area contributed by atoms with E-state index in [0.717, 1.165) is 66.8 Å². The van der Waals surface area contributed by atoms with E-state index in [1.54, 1.807) is 17.1 Å². The van der Waals surface area contributed by atoms with Gasteiger partial charge in [-0.1, -0.05) is 108 Å². The van der Waals surface area contributed by atoms with Gasteiger partial charge in [0, 0.05) is 49.2 Å². The van der Waals surface area contributed by atoms with Crippen LogP contribution in [0.3, 0.4) is 0 Å². The Morgan fingerprint density at radius 3 is 2.15 bits per heavy atom. The molecule has 3 unspecified atom stereocenters. The van der Waals surface area contributed by atoms with E-state index in [0.29, 0.717) is 24.7 Å². The SMILES string of the molecule is CC(Cc1ccc(C(C)(C)C)cc1)CN1C[C@@H](C)O[C@@H](C)C1.CC1(C)CCC(Cc2ccc(Cl)cc2)C1(O)Cn1cncn1.Cn1cc(C(=O)Nc2ccccc2-c2cc(F)c(F)c(F)c2)c(C(F)F)n1. The number of aryl methyl sites for hydroxylation is 1. The maximum Gasteiger partial charge on any atom is 0.282 e. The summed E-state index contributed by atoms with van der Waals surface area (Å²) in [6, 6.07) is 24.6. The largest absolute Gasteiger partial charge is 0.387 e. The van der Waals surface area contributed by atoms with E-state index in [-0.39, 0.29) is 39.1 Å². The Morgan fingerprint density at radius 2 is 1.56 bits per heavy atom. The number of alkyl halides is 2. The van der Waals surface area contributed by atoms with E-state index < -0.39 is 41.1 Å². The van der Waals surface area contributed by atoms with Crippen molar-refractivity contribution in [1.29, 1.82) is 0 Å². The average molecular weight is 1000 g/mol. The lowest BCUT2D eigenvalue weighted by Crippen LogP contribution is -2.49. The maximum atomic E-state index is 13.5. The highest BCUT2D eigenvalue weighted by Crippen LogP contribution is 2.51. The van der Waals surface area contributed by atoms with Gasteiger partial charge in [-0.2, -0.15) is 10.2 Å². The molecule has 1 amide bonds. The van der Waals surface area contributed by atoms with E-state index in [1.807, 2.05) is 24.3 Å². The Kier molecular flexibility index (Phi) is 18.1. The van der Waals surface area contributed by atoms with Crippen LogP contribution in [0.4, 0.5) is 27.6 Å². The zero-order valence-electron chi connectivity index (χ0n) is 42.1. The number of halogens is 6. The van der Waals surface area contributed by atoms with Gasteiger partial charge in [-0.3, -0.25) is 19.1 Å². The van der Waals surface area contributed by atoms with Crippen molar-refractivity contribution in [3.05, 3.63) is 154 Å². The summed E-state index contributed by atoms with van der Waals surface area (Å²) in [5.41, 5.74) is 2.63. The molecule has 6 aromatic rings. The van der Waals surface area contributed by atoms with Crippen LogP contribution in [0, 0.1) is 34.7 Å². The van der Waals surface area contributed by atoms with Crippen molar-refractivity contribution in [2.24, 2.45) is 24.3 Å². The van der Waals surface area contributed by atoms with Gasteiger partial charge >= 0.3 is 0 Å². The number of carbonyl (C=O) groups is 1. The lowest BCUT2D eigenvalue weighted by Gasteiger charge is -2.40. The van der Waals surface area contributed by atoms with Gasteiger partial charge in [0.25, 0.3) is 12.3 Å². The summed E-state index contributed by atoms with van der Waals surface area (Å²) < 4.78 is 75.0. The number of rotatable bonds is 12. The summed E-state index contributed by atoms with van der Waals surface area (Å²) in [6.45, 7) is 21.6. The smallest absolute Gasteiger partial charge is 0.282 e. The third-order valence-electron chi connectivity index (χ3n) is 13.5. The van der Waals surface area contributed by atoms with Crippen LogP contribution in [0.25, 0.3) is 11.1 Å². The molecule has 0 radical (unpaired) electrons. The lowest BCUT2D eigenvalue weighted by atomic mass is 9.72. The zero-order chi connectivity index (χ0) is 51.8. The minimum absolute atomic E-state index is 0.0254. The van der Waals surface area contributed by atoms with Crippen molar-refractivity contribution in [1.82, 2.24) is 29.4 Å². The fraction of sp³-hybridized carbons (Fsp3) is 0.455. The molecule has 4 aromatic carbocycles. The second kappa shape index (κ2) is 23.4. The van der Waals surface area contributed by atoms with Crippen LogP contribution in [-0.2, 0) is 36.6 Å². The molecular formula is C55H67ClF5N7O3. The Morgan fingerprint density at radius 1 is 0.944 bits per heavy atom. The maximum absolute atomic E-state index is 13.5. The van der Waals surface area contributed by atoms with Gasteiger partial charge in [0.2, 0.25) is 0 Å². The molecule has 382 valence electrons. The van der Waals surface area contributed by atoms with Crippen molar-refractivity contribution in [3.63, 3.8) is 0 Å². The van der Waals surface area contributed by atoms with Crippen molar-refractivity contribution in [3.8, 4) is 11.1 Å². The van der Waals surface area contributed by atoms with E-state index in [1.165, 1.54) is 54.8 Å². The summed E-state index contributed by atoms with van der Waals surface area (Å²) in [4.78, 5) is 19.0. The highest BCUT2D eigenvalue weighted by atomic mass is 35.5. The normalized spacial score (nSPS) is 20.4. The fourth-order valence-electron chi connectivity index (χ4n) is 9.69. The quantitative estimate of drug-likeness (QED) is 0.0928. The van der Waals surface area contributed by atoms with Gasteiger partial charge in [0.1, 0.15) is 18.3 Å². The van der Waals surface area contributed by atoms with Crippen molar-refractivity contribution >= 4 is 23.2 Å². The average Bonchev–Trinajstić information content (AvgIpc) is 4.01. The first-order chi connectivity index (χ1) is 33.4. The molecule has 2 aromatic heterocycles. The lowest BCUT2D eigenvalue weighted by molar-refractivity contribution is -0.0907. The number of amides is 1. The number of morpholine rings is 1. The minimum atomic E-state index is -2.96. The minimum Gasteiger partial charge on any atom is -0.387 e. The molecule has 3 heterocycles. The number of aromatic nitrogens is 5. The predicted molar refractivity (Wildman–Crippen MR) is 269 cm³/mol. The predicted octanol–water partition coefficient (Wildman–Crippen LogP) is 12.3. The summed E-state index contributed by atoms with van der Waals surface area (Å²) in [7, 11) is 1.39. The molecule has 1 saturated heterocycles. The number of anilines is 1. The number of nitrogens with one attached hydrogen (secondary N) is 1. The van der Waals surface area contributed by atoms with Crippen LogP contribution in [0.15, 0.2) is 104 Å². The van der Waals surface area contributed by atoms with Gasteiger partial charge in [-0.05, 0) is 115 Å². The van der Waals surface area contributed by atoms with Crippen molar-refractivity contribution in [2.45, 2.75) is 117 Å². The topological polar surface area (TPSA) is 110 Å². The van der Waals surface area contributed by atoms with E-state index >= 15 is 0 Å². The summed E-state index contributed by atoms with van der Waals surface area (Å²) >= 11 is 5.96. The number of hydrogen-bond acceptors (Lipinski definition) is 7. The van der Waals surface area contributed by atoms with E-state index in [4.69, 9.17) is 16.3 Å². The van der Waals surface area contributed by atoms with Crippen LogP contribution in [0.5, 0.6) is 0 Å². The molecule has 1 saturated carbocycles. The Hall–Kier alpha value is -5.48. The molecule has 16 heteroatoms. The number of nitrogens with zero attached hydrogens (tertiary/aromatic N) is 6. The molecule has 2 aliphatic rings. The van der Waals surface area contributed by atoms with Gasteiger partial charge in [0.05, 0.1) is 29.9 Å². The van der Waals surface area contributed by atoms with Gasteiger partial charge < -0.3 is 15.2 Å². The molecule has 5 atom stereocenters. The fourth-order valence-corrected chi connectivity index (χ4v) is 9.82. The summed E-state index contributed by atoms with van der Waals surface area (Å²) in [6.07, 6.45) is 6.13. The van der Waals surface area contributed by atoms with Gasteiger partial charge in [-0.15, -0.1) is 0 Å². The third kappa shape index (κ3) is 14.4. The van der Waals surface area contributed by atoms with Crippen molar-refractivity contribution in [2.75, 3.05) is 25.0 Å². The molecule has 1 aliphatic carbocycles. The Balaban J connectivity index is 0.000000176. The van der Waals surface area contributed by atoms with Crippen LogP contribution < -0.4 is 5.32 Å². The highest BCUT2D eigenvalue weighted by molar-refractivity contribution is 6.30. The van der Waals surface area contributed by atoms with Crippen LogP contribution in [0.2, 0.25) is 5.02 Å². The van der Waals surface area contributed by atoms with Gasteiger partial charge in [0.15, 0.2) is 17.5 Å². The second-order valence-electron chi connectivity index (χ2n) is 20.9. The monoisotopic (exact) mass is 1000 g/mol. The zero-order valence-corrected chi connectivity index (χ0v) is 42.8. The number of para-hydroxylation sites is 1. The first-order valence-corrected chi connectivity index (χ1v) is 24.4. The van der Waals surface area contributed by atoms with Crippen LogP contribution in [-0.4, -0.2) is 77.9 Å². The molecule has 10 nitrogen and oxygen atoms in total. The molecular weight excluding hydrogens is 937 g/mol. The molecule has 0 spiro atoms. The van der Waals surface area contributed by atoms with E-state index in [2.05, 4.69) is 105 Å². The Labute approximate surface area is 419 Å². The Bertz CT molecular complexity index is 2640. The molecule has 2 N–H and O–H groups in total. The third-order valence-corrected chi connectivity index (χ3v) is 13.7. The number of carbonyl (C=O) groups excluding carboxylic acids is 1. The standard InChI is InChI=1S/C20H33NO.C18H12F5N3O.C17H22ClN3O/c1-15(12-21-13-16(2)22-17(3)14-21)11-18-7-9-19(10-8-18)20(4,5)6;1-26-8-11(16(25-26)17(22)23)18(27)24-14-5-3-2-4-10(14)9-6-12(19)15(21)13(20)7-9;1-16(2)8-7-14(9-13-3-5-15(18)6-4-13)17(16,22)10-21-12-19-11-20-21/h7-10,15-17H,11-14H2,1-6H3;2-8,17H,1H3,(H,24,27);3-6,11-12,14,22H,7-10H2,1-2H3/t15?,16-,17+;;. The molecule has 2 fully saturated rings.